The van der Waals surface area contributed by atoms with Gasteiger partial charge in [0.05, 0.1) is 11.0 Å². The minimum atomic E-state index is -4.34. The Morgan fingerprint density at radius 2 is 1.73 bits per heavy atom. The van der Waals surface area contributed by atoms with Gasteiger partial charge < -0.3 is 15.5 Å². The molecule has 1 aromatic rings. The summed E-state index contributed by atoms with van der Waals surface area (Å²) in [5, 5.41) is 5.72. The molecular formula is C17H26F3IN4O. The van der Waals surface area contributed by atoms with Crippen LogP contribution >= 0.6 is 24.0 Å². The molecule has 0 saturated heterocycles. The van der Waals surface area contributed by atoms with Gasteiger partial charge in [-0.15, -0.1) is 24.0 Å². The summed E-state index contributed by atoms with van der Waals surface area (Å²) in [6, 6.07) is 5.02. The fourth-order valence-electron chi connectivity index (χ4n) is 2.25. The van der Waals surface area contributed by atoms with E-state index < -0.39 is 17.2 Å². The van der Waals surface area contributed by atoms with Crippen molar-refractivity contribution < 1.29 is 18.0 Å². The third-order valence-corrected chi connectivity index (χ3v) is 3.80. The Morgan fingerprint density at radius 1 is 1.19 bits per heavy atom. The van der Waals surface area contributed by atoms with Crippen LogP contribution in [0.5, 0.6) is 0 Å². The summed E-state index contributed by atoms with van der Waals surface area (Å²) in [6.45, 7) is 4.37. The normalized spacial score (nSPS) is 12.2. The number of carbonyl (C=O) groups excluding carboxylic acids is 1. The quantitative estimate of drug-likeness (QED) is 0.382. The average Bonchev–Trinajstić information content (AvgIpc) is 2.54. The summed E-state index contributed by atoms with van der Waals surface area (Å²) in [7, 11) is 4.97. The number of carbonyl (C=O) groups is 1. The molecule has 1 rings (SSSR count). The van der Waals surface area contributed by atoms with Crippen LogP contribution in [0.3, 0.4) is 0 Å². The van der Waals surface area contributed by atoms with Crippen molar-refractivity contribution in [3.8, 4) is 0 Å². The SMILES string of the molecule is CN=C(NCC(C)(C)C(=O)NC)N(C)Cc1ccc(C(F)(F)F)cc1.I. The maximum absolute atomic E-state index is 12.6. The van der Waals surface area contributed by atoms with E-state index in [4.69, 9.17) is 0 Å². The fraction of sp³-hybridized carbons (Fsp3) is 0.529. The minimum absolute atomic E-state index is 0. The molecule has 0 aliphatic heterocycles. The van der Waals surface area contributed by atoms with E-state index in [1.807, 2.05) is 13.8 Å². The Bertz CT molecular complexity index is 615. The van der Waals surface area contributed by atoms with Crippen molar-refractivity contribution in [3.63, 3.8) is 0 Å². The number of benzene rings is 1. The largest absolute Gasteiger partial charge is 0.416 e. The molecule has 1 aromatic carbocycles. The first-order valence-electron chi connectivity index (χ1n) is 7.81. The number of nitrogens with one attached hydrogen (secondary N) is 2. The van der Waals surface area contributed by atoms with Crippen LogP contribution in [0.15, 0.2) is 29.3 Å². The van der Waals surface area contributed by atoms with E-state index in [1.54, 1.807) is 26.0 Å². The molecule has 0 fully saturated rings. The number of nitrogens with zero attached hydrogens (tertiary/aromatic N) is 2. The fourth-order valence-corrected chi connectivity index (χ4v) is 2.25. The van der Waals surface area contributed by atoms with Crippen LogP contribution in [0.1, 0.15) is 25.0 Å². The van der Waals surface area contributed by atoms with Gasteiger partial charge in [-0.25, -0.2) is 0 Å². The molecule has 0 aliphatic carbocycles. The van der Waals surface area contributed by atoms with Gasteiger partial charge >= 0.3 is 6.18 Å². The smallest absolute Gasteiger partial charge is 0.359 e. The van der Waals surface area contributed by atoms with Gasteiger partial charge in [-0.1, -0.05) is 12.1 Å². The number of amides is 1. The van der Waals surface area contributed by atoms with Crippen molar-refractivity contribution in [1.29, 1.82) is 0 Å². The van der Waals surface area contributed by atoms with Crippen LogP contribution in [-0.2, 0) is 17.5 Å². The molecule has 0 aliphatic rings. The second-order valence-corrected chi connectivity index (χ2v) is 6.41. The molecule has 1 amide bonds. The lowest BCUT2D eigenvalue weighted by Gasteiger charge is -2.27. The summed E-state index contributed by atoms with van der Waals surface area (Å²) in [5.41, 5.74) is -0.572. The molecule has 26 heavy (non-hydrogen) atoms. The minimum Gasteiger partial charge on any atom is -0.359 e. The first-order valence-corrected chi connectivity index (χ1v) is 7.81. The third kappa shape index (κ3) is 7.00. The zero-order chi connectivity index (χ0) is 19.3. The number of hydrogen-bond donors (Lipinski definition) is 2. The molecule has 0 aromatic heterocycles. The zero-order valence-corrected chi connectivity index (χ0v) is 17.9. The highest BCUT2D eigenvalue weighted by atomic mass is 127. The number of hydrogen-bond acceptors (Lipinski definition) is 2. The number of halogens is 4. The van der Waals surface area contributed by atoms with Crippen LogP contribution in [0.2, 0.25) is 0 Å². The van der Waals surface area contributed by atoms with Gasteiger partial charge in [0.15, 0.2) is 5.96 Å². The van der Waals surface area contributed by atoms with Crippen LogP contribution < -0.4 is 10.6 Å². The first-order chi connectivity index (χ1) is 11.5. The average molecular weight is 486 g/mol. The van der Waals surface area contributed by atoms with E-state index in [0.29, 0.717) is 19.0 Å². The lowest BCUT2D eigenvalue weighted by molar-refractivity contribution is -0.137. The van der Waals surface area contributed by atoms with Crippen molar-refractivity contribution in [2.45, 2.75) is 26.6 Å². The molecule has 9 heteroatoms. The van der Waals surface area contributed by atoms with Gasteiger partial charge in [0.25, 0.3) is 0 Å². The Hall–Kier alpha value is -1.52. The summed E-state index contributed by atoms with van der Waals surface area (Å²) in [6.07, 6.45) is -4.34. The van der Waals surface area contributed by atoms with Gasteiger partial charge in [0.2, 0.25) is 5.91 Å². The second-order valence-electron chi connectivity index (χ2n) is 6.41. The Morgan fingerprint density at radius 3 is 2.15 bits per heavy atom. The van der Waals surface area contributed by atoms with E-state index in [0.717, 1.165) is 17.7 Å². The zero-order valence-electron chi connectivity index (χ0n) is 15.6. The van der Waals surface area contributed by atoms with E-state index in [9.17, 15) is 18.0 Å². The highest BCUT2D eigenvalue weighted by Crippen LogP contribution is 2.29. The number of rotatable bonds is 5. The first kappa shape index (κ1) is 24.5. The van der Waals surface area contributed by atoms with E-state index in [-0.39, 0.29) is 29.9 Å². The molecular weight excluding hydrogens is 460 g/mol. The maximum Gasteiger partial charge on any atom is 0.416 e. The molecule has 0 spiro atoms. The predicted molar refractivity (Wildman–Crippen MR) is 108 cm³/mol. The Labute approximate surface area is 169 Å². The standard InChI is InChI=1S/C17H25F3N4O.HI/c1-16(2,14(25)21-3)11-23-15(22-4)24(5)10-12-6-8-13(9-7-12)17(18,19)20;/h6-9H,10-11H2,1-5H3,(H,21,25)(H,22,23);1H. The van der Waals surface area contributed by atoms with E-state index in [2.05, 4.69) is 15.6 Å². The lowest BCUT2D eigenvalue weighted by atomic mass is 9.92. The van der Waals surface area contributed by atoms with Gasteiger partial charge in [0, 0.05) is 34.2 Å². The Kier molecular flexibility index (Phi) is 9.40. The molecule has 0 atom stereocenters. The summed E-state index contributed by atoms with van der Waals surface area (Å²) in [4.78, 5) is 17.7. The molecule has 2 N–H and O–H groups in total. The van der Waals surface area contributed by atoms with Crippen LogP contribution in [0.25, 0.3) is 0 Å². The number of guanidine groups is 1. The van der Waals surface area contributed by atoms with Gasteiger partial charge in [-0.2, -0.15) is 13.2 Å². The molecule has 0 heterocycles. The molecule has 0 unspecified atom stereocenters. The van der Waals surface area contributed by atoms with Crippen molar-refractivity contribution in [2.24, 2.45) is 10.4 Å². The third-order valence-electron chi connectivity index (χ3n) is 3.80. The van der Waals surface area contributed by atoms with Crippen LogP contribution in [0.4, 0.5) is 13.2 Å². The van der Waals surface area contributed by atoms with Gasteiger partial charge in [0.1, 0.15) is 0 Å². The second kappa shape index (κ2) is 9.98. The molecule has 0 bridgehead atoms. The van der Waals surface area contributed by atoms with Crippen molar-refractivity contribution >= 4 is 35.8 Å². The predicted octanol–water partition coefficient (Wildman–Crippen LogP) is 3.10. The Balaban J connectivity index is 0.00000625. The summed E-state index contributed by atoms with van der Waals surface area (Å²) in [5.74, 6) is 0.456. The highest BCUT2D eigenvalue weighted by Gasteiger charge is 2.30. The number of aliphatic imine (C=N–C) groups is 1. The summed E-state index contributed by atoms with van der Waals surface area (Å²) >= 11 is 0. The van der Waals surface area contributed by atoms with Crippen LogP contribution in [0, 0.1) is 5.41 Å². The molecule has 5 nitrogen and oxygen atoms in total. The van der Waals surface area contributed by atoms with E-state index in [1.165, 1.54) is 12.1 Å². The maximum atomic E-state index is 12.6. The summed E-state index contributed by atoms with van der Waals surface area (Å²) < 4.78 is 37.8. The highest BCUT2D eigenvalue weighted by molar-refractivity contribution is 14.0. The van der Waals surface area contributed by atoms with Crippen LogP contribution in [-0.4, -0.2) is 44.5 Å². The monoisotopic (exact) mass is 486 g/mol. The van der Waals surface area contributed by atoms with Crippen molar-refractivity contribution in [1.82, 2.24) is 15.5 Å². The number of alkyl halides is 3. The molecule has 148 valence electrons. The molecule has 0 saturated carbocycles. The van der Waals surface area contributed by atoms with Crippen molar-refractivity contribution in [3.05, 3.63) is 35.4 Å². The van der Waals surface area contributed by atoms with Gasteiger partial charge in [-0.05, 0) is 31.5 Å². The lowest BCUT2D eigenvalue weighted by Crippen LogP contribution is -2.47. The van der Waals surface area contributed by atoms with Gasteiger partial charge in [-0.3, -0.25) is 9.79 Å². The van der Waals surface area contributed by atoms with E-state index >= 15 is 0 Å². The topological polar surface area (TPSA) is 56.7 Å². The van der Waals surface area contributed by atoms with Crippen molar-refractivity contribution in [2.75, 3.05) is 27.7 Å². The molecule has 0 radical (unpaired) electrons.